The van der Waals surface area contributed by atoms with Gasteiger partial charge in [-0.15, -0.1) is 0 Å². The van der Waals surface area contributed by atoms with Crippen LogP contribution in [0.5, 0.6) is 0 Å². The fourth-order valence-corrected chi connectivity index (χ4v) is 4.10. The van der Waals surface area contributed by atoms with E-state index in [0.29, 0.717) is 0 Å². The summed E-state index contributed by atoms with van der Waals surface area (Å²) in [5.74, 6) is 0.727. The molecule has 0 unspecified atom stereocenters. The number of H-pyrrole nitrogens is 2. The lowest BCUT2D eigenvalue weighted by molar-refractivity contribution is 1.11. The molecule has 0 aliphatic heterocycles. The van der Waals surface area contributed by atoms with E-state index < -0.39 is 0 Å². The van der Waals surface area contributed by atoms with Gasteiger partial charge in [-0.05, 0) is 35.9 Å². The Labute approximate surface area is 190 Å². The smallest absolute Gasteiger partial charge is 0.159 e. The van der Waals surface area contributed by atoms with Crippen LogP contribution < -0.4 is 4.90 Å². The number of aromatic amines is 2. The molecule has 6 aromatic rings. The van der Waals surface area contributed by atoms with Crippen LogP contribution in [0.15, 0.2) is 79.4 Å². The quantitative estimate of drug-likeness (QED) is 0.396. The lowest BCUT2D eigenvalue weighted by Gasteiger charge is -2.13. The number of hydrogen-bond donors (Lipinski definition) is 2. The number of nitrogens with zero attached hydrogens (tertiary/aromatic N) is 5. The third kappa shape index (κ3) is 3.30. The van der Waals surface area contributed by atoms with Crippen molar-refractivity contribution in [3.05, 3.63) is 79.4 Å². The normalized spacial score (nSPS) is 11.3. The summed E-state index contributed by atoms with van der Waals surface area (Å²) in [5.41, 5.74) is 8.86. The number of para-hydroxylation sites is 1. The largest absolute Gasteiger partial charge is 0.376 e. The van der Waals surface area contributed by atoms with Crippen LogP contribution in [0.1, 0.15) is 0 Å². The standard InChI is InChI=1S/C26H21N7/c1-33(2)19-11-18(14-28-15-19)16-8-9-22-21(12-16)25(32-31-22)26-29-23-7-3-6-20(24(23)30-26)17-5-4-10-27-13-17/h3-15H,1-2H3,(H,29,30)(H,31,32). The molecule has 6 rings (SSSR count). The van der Waals surface area contributed by atoms with Gasteiger partial charge in [0.2, 0.25) is 0 Å². The van der Waals surface area contributed by atoms with Crippen LogP contribution in [0.3, 0.4) is 0 Å². The van der Waals surface area contributed by atoms with Gasteiger partial charge in [0.15, 0.2) is 5.82 Å². The number of aromatic nitrogens is 6. The van der Waals surface area contributed by atoms with Gasteiger partial charge in [0.1, 0.15) is 5.69 Å². The average Bonchev–Trinajstić information content (AvgIpc) is 3.48. The molecule has 7 nitrogen and oxygen atoms in total. The molecule has 0 aliphatic rings. The minimum Gasteiger partial charge on any atom is -0.376 e. The molecule has 160 valence electrons. The first-order valence-corrected chi connectivity index (χ1v) is 10.7. The van der Waals surface area contributed by atoms with Gasteiger partial charge in [-0.3, -0.25) is 15.1 Å². The van der Waals surface area contributed by atoms with E-state index in [4.69, 9.17) is 4.98 Å². The third-order valence-electron chi connectivity index (χ3n) is 5.85. The molecule has 0 saturated heterocycles. The van der Waals surface area contributed by atoms with E-state index in [9.17, 15) is 0 Å². The van der Waals surface area contributed by atoms with Crippen LogP contribution in [-0.4, -0.2) is 44.2 Å². The van der Waals surface area contributed by atoms with E-state index in [1.54, 1.807) is 6.20 Å². The summed E-state index contributed by atoms with van der Waals surface area (Å²) in [4.78, 5) is 19.1. The molecule has 0 radical (unpaired) electrons. The minimum absolute atomic E-state index is 0.727. The zero-order valence-corrected chi connectivity index (χ0v) is 18.2. The van der Waals surface area contributed by atoms with Gasteiger partial charge in [0.05, 0.1) is 28.4 Å². The van der Waals surface area contributed by atoms with Crippen molar-refractivity contribution in [3.63, 3.8) is 0 Å². The van der Waals surface area contributed by atoms with E-state index in [1.807, 2.05) is 67.9 Å². The summed E-state index contributed by atoms with van der Waals surface area (Å²) in [6.07, 6.45) is 7.38. The van der Waals surface area contributed by atoms with E-state index >= 15 is 0 Å². The molecule has 0 amide bonds. The Hall–Kier alpha value is -4.52. The van der Waals surface area contributed by atoms with Crippen molar-refractivity contribution >= 4 is 27.6 Å². The summed E-state index contributed by atoms with van der Waals surface area (Å²) in [6, 6.07) is 18.5. The van der Waals surface area contributed by atoms with Crippen LogP contribution in [-0.2, 0) is 0 Å². The second-order valence-corrected chi connectivity index (χ2v) is 8.19. The lowest BCUT2D eigenvalue weighted by Crippen LogP contribution is -2.08. The second kappa shape index (κ2) is 7.56. The number of anilines is 1. The fraction of sp³-hybridized carbons (Fsp3) is 0.0769. The summed E-state index contributed by atoms with van der Waals surface area (Å²) in [5, 5.41) is 8.73. The van der Waals surface area contributed by atoms with E-state index in [-0.39, 0.29) is 0 Å². The number of benzene rings is 2. The Morgan fingerprint density at radius 3 is 2.55 bits per heavy atom. The maximum Gasteiger partial charge on any atom is 0.159 e. The SMILES string of the molecule is CN(C)c1cncc(-c2ccc3[nH]nc(-c4nc5c(-c6cccnc6)cccc5[nH]4)c3c2)c1. The van der Waals surface area contributed by atoms with Crippen LogP contribution in [0.4, 0.5) is 5.69 Å². The first-order valence-electron chi connectivity index (χ1n) is 10.7. The average molecular weight is 432 g/mol. The Morgan fingerprint density at radius 1 is 0.788 bits per heavy atom. The van der Waals surface area contributed by atoms with Gasteiger partial charge < -0.3 is 9.88 Å². The van der Waals surface area contributed by atoms with Crippen LogP contribution in [0.25, 0.3) is 55.7 Å². The van der Waals surface area contributed by atoms with Gasteiger partial charge in [-0.2, -0.15) is 5.10 Å². The van der Waals surface area contributed by atoms with Crippen molar-refractivity contribution in [3.8, 4) is 33.8 Å². The molecule has 0 saturated carbocycles. The van der Waals surface area contributed by atoms with Crippen LogP contribution >= 0.6 is 0 Å². The molecule has 7 heteroatoms. The number of hydrogen-bond acceptors (Lipinski definition) is 5. The van der Waals surface area contributed by atoms with E-state index in [2.05, 4.69) is 49.4 Å². The van der Waals surface area contributed by atoms with Gasteiger partial charge in [-0.25, -0.2) is 4.98 Å². The van der Waals surface area contributed by atoms with Gasteiger partial charge in [0.25, 0.3) is 0 Å². The van der Waals surface area contributed by atoms with Gasteiger partial charge in [-0.1, -0.05) is 24.3 Å². The third-order valence-corrected chi connectivity index (χ3v) is 5.85. The molecule has 0 fully saturated rings. The Bertz CT molecular complexity index is 1600. The summed E-state index contributed by atoms with van der Waals surface area (Å²) >= 11 is 0. The molecule has 2 N–H and O–H groups in total. The Balaban J connectivity index is 1.48. The van der Waals surface area contributed by atoms with Crippen molar-refractivity contribution < 1.29 is 0 Å². The molecule has 4 aromatic heterocycles. The zero-order chi connectivity index (χ0) is 22.4. The van der Waals surface area contributed by atoms with Crippen LogP contribution in [0.2, 0.25) is 0 Å². The molecular formula is C26H21N7. The van der Waals surface area contributed by atoms with Crippen LogP contribution in [0, 0.1) is 0 Å². The van der Waals surface area contributed by atoms with Crippen molar-refractivity contribution in [1.29, 1.82) is 0 Å². The maximum atomic E-state index is 4.94. The predicted molar refractivity (Wildman–Crippen MR) is 132 cm³/mol. The highest BCUT2D eigenvalue weighted by Gasteiger charge is 2.16. The Kier molecular flexibility index (Phi) is 4.40. The summed E-state index contributed by atoms with van der Waals surface area (Å²) in [7, 11) is 4.03. The molecule has 0 bridgehead atoms. The van der Waals surface area contributed by atoms with Crippen molar-refractivity contribution in [1.82, 2.24) is 30.1 Å². The highest BCUT2D eigenvalue weighted by atomic mass is 15.1. The molecule has 0 atom stereocenters. The number of pyridine rings is 2. The maximum absolute atomic E-state index is 4.94. The number of rotatable bonds is 4. The molecule has 0 spiro atoms. The van der Waals surface area contributed by atoms with Crippen molar-refractivity contribution in [2.75, 3.05) is 19.0 Å². The summed E-state index contributed by atoms with van der Waals surface area (Å²) in [6.45, 7) is 0. The number of nitrogens with one attached hydrogen (secondary N) is 2. The van der Waals surface area contributed by atoms with Gasteiger partial charge >= 0.3 is 0 Å². The molecule has 33 heavy (non-hydrogen) atoms. The van der Waals surface area contributed by atoms with E-state index in [0.717, 1.165) is 61.4 Å². The highest BCUT2D eigenvalue weighted by molar-refractivity contribution is 5.98. The fourth-order valence-electron chi connectivity index (χ4n) is 4.10. The molecule has 4 heterocycles. The van der Waals surface area contributed by atoms with Gasteiger partial charge in [0, 0.05) is 54.8 Å². The number of fused-ring (bicyclic) bond motifs is 2. The van der Waals surface area contributed by atoms with E-state index in [1.165, 1.54) is 0 Å². The number of imidazole rings is 1. The summed E-state index contributed by atoms with van der Waals surface area (Å²) < 4.78 is 0. The first kappa shape index (κ1) is 19.2. The molecule has 2 aromatic carbocycles. The topological polar surface area (TPSA) is 86.4 Å². The molecular weight excluding hydrogens is 410 g/mol. The highest BCUT2D eigenvalue weighted by Crippen LogP contribution is 2.33. The monoisotopic (exact) mass is 431 g/mol. The minimum atomic E-state index is 0.727. The second-order valence-electron chi connectivity index (χ2n) is 8.19. The Morgan fingerprint density at radius 2 is 1.70 bits per heavy atom. The zero-order valence-electron chi connectivity index (χ0n) is 18.2. The predicted octanol–water partition coefficient (Wildman–Crippen LogP) is 5.30. The van der Waals surface area contributed by atoms with Crippen molar-refractivity contribution in [2.45, 2.75) is 0 Å². The van der Waals surface area contributed by atoms with Crippen molar-refractivity contribution in [2.24, 2.45) is 0 Å². The lowest BCUT2D eigenvalue weighted by atomic mass is 10.0. The first-order chi connectivity index (χ1) is 16.2. The molecule has 0 aliphatic carbocycles.